The van der Waals surface area contributed by atoms with Crippen molar-refractivity contribution in [3.8, 4) is 0 Å². The van der Waals surface area contributed by atoms with Crippen molar-refractivity contribution in [2.75, 3.05) is 6.61 Å². The van der Waals surface area contributed by atoms with E-state index in [2.05, 4.69) is 0 Å². The molecular weight excluding hydrogens is 192 g/mol. The molecule has 0 aliphatic carbocycles. The lowest BCUT2D eigenvalue weighted by molar-refractivity contribution is -0.151. The van der Waals surface area contributed by atoms with Crippen LogP contribution < -0.4 is 0 Å². The first kappa shape index (κ1) is 13.9. The summed E-state index contributed by atoms with van der Waals surface area (Å²) in [4.78, 5) is 23.0. The van der Waals surface area contributed by atoms with E-state index in [4.69, 9.17) is 4.74 Å². The highest BCUT2D eigenvalue weighted by Crippen LogP contribution is 2.12. The average Bonchev–Trinajstić information content (AvgIpc) is 2.17. The van der Waals surface area contributed by atoms with Crippen molar-refractivity contribution in [2.24, 2.45) is 5.92 Å². The van der Waals surface area contributed by atoms with E-state index in [9.17, 15) is 9.59 Å². The van der Waals surface area contributed by atoms with Crippen molar-refractivity contribution in [1.29, 1.82) is 0 Å². The van der Waals surface area contributed by atoms with Gasteiger partial charge < -0.3 is 4.74 Å². The summed E-state index contributed by atoms with van der Waals surface area (Å²) < 4.78 is 4.87. The summed E-state index contributed by atoms with van der Waals surface area (Å²) in [6.45, 7) is 7.71. The van der Waals surface area contributed by atoms with Gasteiger partial charge in [-0.3, -0.25) is 9.59 Å². The monoisotopic (exact) mass is 212 g/mol. The third-order valence-corrected chi connectivity index (χ3v) is 2.07. The maximum absolute atomic E-state index is 11.5. The molecule has 0 aromatic heterocycles. The van der Waals surface area contributed by atoms with Crippen molar-refractivity contribution in [1.82, 2.24) is 0 Å². The summed E-state index contributed by atoms with van der Waals surface area (Å²) in [7, 11) is 0. The van der Waals surface area contributed by atoms with Gasteiger partial charge in [0, 0.05) is 6.42 Å². The van der Waals surface area contributed by atoms with Gasteiger partial charge in [-0.25, -0.2) is 0 Å². The first-order chi connectivity index (χ1) is 7.02. The first-order valence-corrected chi connectivity index (χ1v) is 5.35. The number of hydrogen-bond acceptors (Lipinski definition) is 3. The molecule has 0 radical (unpaired) electrons. The van der Waals surface area contributed by atoms with Crippen LogP contribution in [0.3, 0.4) is 0 Å². The standard InChI is InChI=1S/C12H20O3/c1-5-11(13)10(8-7-9(3)4)12(14)15-6-2/h7,10H,5-6,8H2,1-4H3. The third-order valence-electron chi connectivity index (χ3n) is 2.07. The topological polar surface area (TPSA) is 43.4 Å². The third kappa shape index (κ3) is 5.35. The zero-order valence-electron chi connectivity index (χ0n) is 10.0. The number of ether oxygens (including phenoxy) is 1. The summed E-state index contributed by atoms with van der Waals surface area (Å²) in [5, 5.41) is 0. The highest BCUT2D eigenvalue weighted by Gasteiger charge is 2.24. The second kappa shape index (κ2) is 7.21. The Balaban J connectivity index is 4.51. The molecule has 0 fully saturated rings. The minimum Gasteiger partial charge on any atom is -0.465 e. The Labute approximate surface area is 91.5 Å². The summed E-state index contributed by atoms with van der Waals surface area (Å²) >= 11 is 0. The van der Waals surface area contributed by atoms with Crippen LogP contribution in [0, 0.1) is 5.92 Å². The molecule has 3 nitrogen and oxygen atoms in total. The lowest BCUT2D eigenvalue weighted by Gasteiger charge is -2.11. The summed E-state index contributed by atoms with van der Waals surface area (Å²) in [5.41, 5.74) is 1.10. The number of Topliss-reactive ketones (excluding diaryl/α,β-unsaturated/α-hetero) is 1. The van der Waals surface area contributed by atoms with Gasteiger partial charge in [0.1, 0.15) is 11.7 Å². The Hall–Kier alpha value is -1.12. The maximum atomic E-state index is 11.5. The zero-order valence-corrected chi connectivity index (χ0v) is 10.0. The van der Waals surface area contributed by atoms with Crippen LogP contribution in [0.2, 0.25) is 0 Å². The minimum absolute atomic E-state index is 0.0500. The van der Waals surface area contributed by atoms with Crippen molar-refractivity contribution in [3.63, 3.8) is 0 Å². The van der Waals surface area contributed by atoms with Crippen molar-refractivity contribution in [2.45, 2.75) is 40.5 Å². The van der Waals surface area contributed by atoms with E-state index < -0.39 is 11.9 Å². The van der Waals surface area contributed by atoms with Crippen LogP contribution in [0.4, 0.5) is 0 Å². The molecule has 0 spiro atoms. The number of carbonyl (C=O) groups excluding carboxylic acids is 2. The summed E-state index contributed by atoms with van der Waals surface area (Å²) in [6.07, 6.45) is 2.73. The van der Waals surface area contributed by atoms with Crippen LogP contribution in [0.1, 0.15) is 40.5 Å². The predicted octanol–water partition coefficient (Wildman–Crippen LogP) is 2.50. The van der Waals surface area contributed by atoms with Gasteiger partial charge >= 0.3 is 5.97 Å². The highest BCUT2D eigenvalue weighted by atomic mass is 16.5. The molecular formula is C12H20O3. The molecule has 3 heteroatoms. The molecule has 0 heterocycles. The van der Waals surface area contributed by atoms with Crippen molar-refractivity contribution in [3.05, 3.63) is 11.6 Å². The van der Waals surface area contributed by atoms with Crippen LogP contribution in [-0.4, -0.2) is 18.4 Å². The van der Waals surface area contributed by atoms with Crippen LogP contribution in [0.15, 0.2) is 11.6 Å². The van der Waals surface area contributed by atoms with Gasteiger partial charge in [-0.15, -0.1) is 0 Å². The molecule has 0 saturated carbocycles. The molecule has 0 saturated heterocycles. The summed E-state index contributed by atoms with van der Waals surface area (Å²) in [5.74, 6) is -1.07. The maximum Gasteiger partial charge on any atom is 0.316 e. The van der Waals surface area contributed by atoms with E-state index in [0.717, 1.165) is 5.57 Å². The van der Waals surface area contributed by atoms with Gasteiger partial charge in [0.15, 0.2) is 0 Å². The Bertz CT molecular complexity index is 250. The number of rotatable bonds is 6. The molecule has 0 aromatic rings. The number of carbonyl (C=O) groups is 2. The smallest absolute Gasteiger partial charge is 0.316 e. The molecule has 0 aromatic carbocycles. The average molecular weight is 212 g/mol. The molecule has 0 bridgehead atoms. The quantitative estimate of drug-likeness (QED) is 0.386. The molecule has 0 N–H and O–H groups in total. The first-order valence-electron chi connectivity index (χ1n) is 5.35. The highest BCUT2D eigenvalue weighted by molar-refractivity contribution is 5.99. The second-order valence-electron chi connectivity index (χ2n) is 3.64. The fourth-order valence-electron chi connectivity index (χ4n) is 1.20. The van der Waals surface area contributed by atoms with E-state index in [1.807, 2.05) is 19.9 Å². The largest absolute Gasteiger partial charge is 0.465 e. The Kier molecular flexibility index (Phi) is 6.67. The predicted molar refractivity (Wildman–Crippen MR) is 59.5 cm³/mol. The fraction of sp³-hybridized carbons (Fsp3) is 0.667. The van der Waals surface area contributed by atoms with Gasteiger partial charge in [-0.1, -0.05) is 18.6 Å². The molecule has 15 heavy (non-hydrogen) atoms. The molecule has 0 amide bonds. The van der Waals surface area contributed by atoms with E-state index in [0.29, 0.717) is 19.4 Å². The molecule has 0 aliphatic rings. The van der Waals surface area contributed by atoms with Gasteiger partial charge in [0.05, 0.1) is 6.61 Å². The van der Waals surface area contributed by atoms with E-state index in [1.54, 1.807) is 13.8 Å². The number of esters is 1. The van der Waals surface area contributed by atoms with E-state index in [1.165, 1.54) is 0 Å². The normalized spacial score (nSPS) is 11.7. The number of hydrogen-bond donors (Lipinski definition) is 0. The summed E-state index contributed by atoms with van der Waals surface area (Å²) in [6, 6.07) is 0. The van der Waals surface area contributed by atoms with Crippen LogP contribution >= 0.6 is 0 Å². The molecule has 86 valence electrons. The second-order valence-corrected chi connectivity index (χ2v) is 3.64. The van der Waals surface area contributed by atoms with Crippen LogP contribution in [0.5, 0.6) is 0 Å². The van der Waals surface area contributed by atoms with Gasteiger partial charge in [-0.2, -0.15) is 0 Å². The van der Waals surface area contributed by atoms with Gasteiger partial charge in [0.25, 0.3) is 0 Å². The molecule has 0 aliphatic heterocycles. The fourth-order valence-corrected chi connectivity index (χ4v) is 1.20. The Morgan fingerprint density at radius 1 is 1.27 bits per heavy atom. The SMILES string of the molecule is CCOC(=O)C(CC=C(C)C)C(=O)CC. The zero-order chi connectivity index (χ0) is 11.8. The Morgan fingerprint density at radius 3 is 2.27 bits per heavy atom. The Morgan fingerprint density at radius 2 is 1.87 bits per heavy atom. The number of allylic oxidation sites excluding steroid dienone is 2. The lowest BCUT2D eigenvalue weighted by Crippen LogP contribution is -2.25. The van der Waals surface area contributed by atoms with E-state index in [-0.39, 0.29) is 5.78 Å². The van der Waals surface area contributed by atoms with Gasteiger partial charge in [-0.05, 0) is 27.2 Å². The lowest BCUT2D eigenvalue weighted by atomic mass is 9.97. The number of ketones is 1. The van der Waals surface area contributed by atoms with Crippen LogP contribution in [0.25, 0.3) is 0 Å². The molecule has 1 unspecified atom stereocenters. The van der Waals surface area contributed by atoms with E-state index >= 15 is 0 Å². The van der Waals surface area contributed by atoms with Crippen molar-refractivity contribution < 1.29 is 14.3 Å². The molecule has 1 atom stereocenters. The molecule has 0 rings (SSSR count). The van der Waals surface area contributed by atoms with Crippen molar-refractivity contribution >= 4 is 11.8 Å². The minimum atomic E-state index is -0.621. The van der Waals surface area contributed by atoms with Crippen LogP contribution in [-0.2, 0) is 14.3 Å². The van der Waals surface area contributed by atoms with Gasteiger partial charge in [0.2, 0.25) is 0 Å².